The number of aliphatic hydroxyl groups is 1. The Hall–Kier alpha value is -6.47. The number of hydrogen-bond donors (Lipinski definition) is 3. The number of alkyl halides is 1. The van der Waals surface area contributed by atoms with Gasteiger partial charge >= 0.3 is 6.09 Å². The molecule has 0 unspecified atom stereocenters. The molecule has 65 heavy (non-hydrogen) atoms. The number of amides is 5. The van der Waals surface area contributed by atoms with Crippen molar-refractivity contribution >= 4 is 69.9 Å². The van der Waals surface area contributed by atoms with Crippen molar-refractivity contribution in [1.29, 1.82) is 0 Å². The highest BCUT2D eigenvalue weighted by molar-refractivity contribution is 14.1. The Morgan fingerprint density at radius 3 is 2.22 bits per heavy atom. The number of ether oxygens (including phenoxy) is 4. The zero-order valence-corrected chi connectivity index (χ0v) is 39.1. The highest BCUT2D eigenvalue weighted by atomic mass is 127. The minimum absolute atomic E-state index is 0.0259. The van der Waals surface area contributed by atoms with Gasteiger partial charge in [0.25, 0.3) is 11.8 Å². The van der Waals surface area contributed by atoms with Crippen LogP contribution in [-0.2, 0) is 20.9 Å². The third-order valence-corrected chi connectivity index (χ3v) is 11.5. The van der Waals surface area contributed by atoms with Crippen LogP contribution in [0.25, 0.3) is 0 Å². The van der Waals surface area contributed by atoms with Gasteiger partial charge in [-0.25, -0.2) is 9.69 Å². The summed E-state index contributed by atoms with van der Waals surface area (Å²) in [4.78, 5) is 70.8. The van der Waals surface area contributed by atoms with Crippen LogP contribution in [0.1, 0.15) is 70.5 Å². The molecule has 0 saturated heterocycles. The first-order valence-corrected chi connectivity index (χ1v) is 22.6. The van der Waals surface area contributed by atoms with Crippen LogP contribution in [0.3, 0.4) is 0 Å². The second-order valence-electron chi connectivity index (χ2n) is 15.6. The second-order valence-corrected chi connectivity index (χ2v) is 16.3. The molecule has 4 N–H and O–H groups in total. The number of aryl methyl sites for hydroxylation is 2. The van der Waals surface area contributed by atoms with Gasteiger partial charge in [-0.3, -0.25) is 24.2 Å². The number of aliphatic hydroxyl groups excluding tert-OH is 1. The van der Waals surface area contributed by atoms with Crippen LogP contribution in [0.4, 0.5) is 16.2 Å². The summed E-state index contributed by atoms with van der Waals surface area (Å²) in [5, 5.41) is 14.1. The monoisotopic (exact) mass is 1000 g/mol. The predicted octanol–water partition coefficient (Wildman–Crippen LogP) is 6.72. The SMILES string of the molecule is C/C=C/C1=CN2C(=O)c3cc(C)c(OCCCOc4cc5c(cc4OC)C(=O)N4C=C(/C=C/C)C[C@H]4[C@H](O)N5C(=O)OCc4ccc(C)cc4)cc3N=C[C@@H]2C1.NC(=O)CNC(=O)CI. The number of aliphatic imine (C=N–C) groups is 1. The maximum absolute atomic E-state index is 14.1. The first-order valence-electron chi connectivity index (χ1n) is 21.1. The smallest absolute Gasteiger partial charge is 0.416 e. The summed E-state index contributed by atoms with van der Waals surface area (Å²) in [5.74, 6) is -0.00916. The van der Waals surface area contributed by atoms with Crippen molar-refractivity contribution in [2.75, 3.05) is 36.2 Å². The minimum Gasteiger partial charge on any atom is -0.493 e. The maximum Gasteiger partial charge on any atom is 0.416 e. The normalized spacial score (nSPS) is 18.4. The number of nitrogens with one attached hydrogen (secondary N) is 1. The molecule has 17 heteroatoms. The number of nitrogens with two attached hydrogens (primary N) is 1. The summed E-state index contributed by atoms with van der Waals surface area (Å²) >= 11 is 1.90. The van der Waals surface area contributed by atoms with Crippen molar-refractivity contribution in [1.82, 2.24) is 15.1 Å². The van der Waals surface area contributed by atoms with Crippen LogP contribution in [0, 0.1) is 13.8 Å². The van der Waals surface area contributed by atoms with Gasteiger partial charge in [0.15, 0.2) is 17.7 Å². The number of carbonyl (C=O) groups is 5. The van der Waals surface area contributed by atoms with Crippen molar-refractivity contribution in [2.45, 2.75) is 71.9 Å². The molecular weight excluding hydrogens is 947 g/mol. The minimum atomic E-state index is -1.42. The zero-order chi connectivity index (χ0) is 46.8. The molecule has 0 saturated carbocycles. The van der Waals surface area contributed by atoms with Gasteiger partial charge < -0.3 is 44.9 Å². The van der Waals surface area contributed by atoms with Gasteiger partial charge in [-0.05, 0) is 74.9 Å². The van der Waals surface area contributed by atoms with Crippen molar-refractivity contribution in [2.24, 2.45) is 10.7 Å². The lowest BCUT2D eigenvalue weighted by Crippen LogP contribution is -2.50. The van der Waals surface area contributed by atoms with Crippen LogP contribution in [0.2, 0.25) is 0 Å². The molecule has 0 aromatic heterocycles. The molecule has 0 bridgehead atoms. The topological polar surface area (TPSA) is 203 Å². The molecule has 0 fully saturated rings. The van der Waals surface area contributed by atoms with Crippen LogP contribution in [0.5, 0.6) is 17.2 Å². The third-order valence-electron chi connectivity index (χ3n) is 10.8. The van der Waals surface area contributed by atoms with E-state index in [1.165, 1.54) is 24.1 Å². The third kappa shape index (κ3) is 11.4. The van der Waals surface area contributed by atoms with E-state index in [9.17, 15) is 29.1 Å². The first-order chi connectivity index (χ1) is 31.3. The van der Waals surface area contributed by atoms with E-state index in [2.05, 4.69) is 10.3 Å². The summed E-state index contributed by atoms with van der Waals surface area (Å²) in [5.41, 5.74) is 10.7. The predicted molar refractivity (Wildman–Crippen MR) is 254 cm³/mol. The van der Waals surface area contributed by atoms with Crippen LogP contribution < -0.4 is 30.2 Å². The number of fused-ring (bicyclic) bond motifs is 4. The fourth-order valence-corrected chi connectivity index (χ4v) is 7.87. The summed E-state index contributed by atoms with van der Waals surface area (Å²) in [6.45, 7) is 8.10. The fourth-order valence-electron chi connectivity index (χ4n) is 7.60. The molecule has 3 atom stereocenters. The van der Waals surface area contributed by atoms with Crippen molar-refractivity contribution in [3.05, 3.63) is 124 Å². The van der Waals surface area contributed by atoms with E-state index in [0.717, 1.165) is 32.7 Å². The van der Waals surface area contributed by atoms with Gasteiger partial charge in [-0.2, -0.15) is 0 Å². The van der Waals surface area contributed by atoms with Gasteiger partial charge in [0.05, 0.1) is 65.9 Å². The number of halogens is 1. The number of allylic oxidation sites excluding steroid dienone is 4. The van der Waals surface area contributed by atoms with E-state index in [1.54, 1.807) is 17.2 Å². The quantitative estimate of drug-likeness (QED) is 0.0884. The lowest BCUT2D eigenvalue weighted by atomic mass is 10.1. The molecule has 0 spiro atoms. The number of methoxy groups -OCH3 is 1. The molecule has 3 aromatic carbocycles. The van der Waals surface area contributed by atoms with Crippen LogP contribution >= 0.6 is 22.6 Å². The Bertz CT molecular complexity index is 2460. The molecule has 4 aliphatic rings. The lowest BCUT2D eigenvalue weighted by Gasteiger charge is -2.31. The number of primary amides is 1. The van der Waals surface area contributed by atoms with E-state index in [1.807, 2.05) is 117 Å². The van der Waals surface area contributed by atoms with Crippen molar-refractivity contribution in [3.63, 3.8) is 0 Å². The van der Waals surface area contributed by atoms with E-state index in [-0.39, 0.29) is 60.4 Å². The van der Waals surface area contributed by atoms with Crippen molar-refractivity contribution in [3.8, 4) is 17.2 Å². The van der Waals surface area contributed by atoms with Gasteiger partial charge in [-0.15, -0.1) is 0 Å². The fraction of sp³-hybridized carbons (Fsp3) is 0.333. The molecule has 7 rings (SSSR count). The van der Waals surface area contributed by atoms with Gasteiger partial charge in [0.2, 0.25) is 11.8 Å². The highest BCUT2D eigenvalue weighted by Crippen LogP contribution is 2.42. The van der Waals surface area contributed by atoms with E-state index in [0.29, 0.717) is 47.3 Å². The average Bonchev–Trinajstić information content (AvgIpc) is 3.87. The summed E-state index contributed by atoms with van der Waals surface area (Å²) in [7, 11) is 1.47. The zero-order valence-electron chi connectivity index (χ0n) is 36.9. The largest absolute Gasteiger partial charge is 0.493 e. The lowest BCUT2D eigenvalue weighted by molar-refractivity contribution is -0.123. The van der Waals surface area contributed by atoms with E-state index >= 15 is 0 Å². The van der Waals surface area contributed by atoms with Crippen molar-refractivity contribution < 1.29 is 48.0 Å². The number of rotatable bonds is 14. The summed E-state index contributed by atoms with van der Waals surface area (Å²) in [6, 6.07) is 13.4. The number of hydrogen-bond acceptors (Lipinski definition) is 11. The van der Waals surface area contributed by atoms with E-state index in [4.69, 9.17) is 24.7 Å². The standard InChI is InChI=1S/C44H46N4O8.C4H7IN2O2/c1-6-9-30-18-32-23-45-35-21-38(28(4)17-33(35)41(49)46(32)24-30)54-15-8-16-55-40-22-36-34(20-39(40)53-5)42(50)47-25-31(10-7-2)19-37(47)43(51)48(36)44(52)56-26-29-13-11-27(3)12-14-29;5-1-4(9)7-2-3(6)8/h6-7,9-14,17,20-25,32,37,43,51H,8,15-16,18-19,26H2,1-5H3;1-2H2,(H2,6,8)(H,7,9)/b9-6+,10-7+;/t32-,37-,43-;/m0./s1. The number of carbonyl (C=O) groups excluding carboxylic acids is 5. The Kier molecular flexibility index (Phi) is 16.2. The summed E-state index contributed by atoms with van der Waals surface area (Å²) < 4.78 is 24.1. The molecule has 0 aliphatic carbocycles. The van der Waals surface area contributed by atoms with Gasteiger partial charge in [0, 0.05) is 37.2 Å². The molecule has 342 valence electrons. The average molecular weight is 1000 g/mol. The van der Waals surface area contributed by atoms with Crippen LogP contribution in [0.15, 0.2) is 101 Å². The molecular formula is C48H53IN6O10. The maximum atomic E-state index is 14.1. The van der Waals surface area contributed by atoms with E-state index < -0.39 is 30.2 Å². The van der Waals surface area contributed by atoms with Crippen LogP contribution in [-0.4, -0.2) is 100 Å². The Morgan fingerprint density at radius 1 is 0.892 bits per heavy atom. The molecule has 16 nitrogen and oxygen atoms in total. The molecule has 0 radical (unpaired) electrons. The molecule has 3 aromatic rings. The van der Waals surface area contributed by atoms with Gasteiger partial charge in [-0.1, -0.05) is 76.7 Å². The Labute approximate surface area is 391 Å². The molecule has 4 aliphatic heterocycles. The highest BCUT2D eigenvalue weighted by Gasteiger charge is 2.45. The molecule has 4 heterocycles. The second kappa shape index (κ2) is 21.9. The van der Waals surface area contributed by atoms with Gasteiger partial charge in [0.1, 0.15) is 12.4 Å². The number of benzene rings is 3. The Morgan fingerprint density at radius 2 is 1.55 bits per heavy atom. The Balaban J connectivity index is 0.000000703. The first kappa shape index (κ1) is 48.0. The molecule has 5 amide bonds. The number of nitrogens with zero attached hydrogens (tertiary/aromatic N) is 4. The number of anilines is 1. The summed E-state index contributed by atoms with van der Waals surface area (Å²) in [6.07, 6.45) is 12.4.